The molecule has 0 unspecified atom stereocenters. The lowest BCUT2D eigenvalue weighted by Gasteiger charge is -2.10. The highest BCUT2D eigenvalue weighted by molar-refractivity contribution is 14.1. The predicted octanol–water partition coefficient (Wildman–Crippen LogP) is 4.63. The smallest absolute Gasteiger partial charge is 0.133 e. The summed E-state index contributed by atoms with van der Waals surface area (Å²) in [5.41, 5.74) is 0. The van der Waals surface area contributed by atoms with Crippen LogP contribution in [-0.2, 0) is 0 Å². The number of hydrogen-bond acceptors (Lipinski definition) is 2. The fourth-order valence-corrected chi connectivity index (χ4v) is 2.75. The summed E-state index contributed by atoms with van der Waals surface area (Å²) in [5.74, 6) is 0.645. The van der Waals surface area contributed by atoms with Gasteiger partial charge in [-0.15, -0.1) is 0 Å². The van der Waals surface area contributed by atoms with Crippen molar-refractivity contribution in [3.05, 3.63) is 55.2 Å². The molecule has 0 atom stereocenters. The summed E-state index contributed by atoms with van der Waals surface area (Å²) in [6.45, 7) is 0.657. The van der Waals surface area contributed by atoms with Gasteiger partial charge in [0.05, 0.1) is 7.14 Å². The Morgan fingerprint density at radius 3 is 1.50 bits per heavy atom. The first-order valence-corrected chi connectivity index (χ1v) is 7.88. The van der Waals surface area contributed by atoms with E-state index in [0.717, 1.165) is 0 Å². The van der Waals surface area contributed by atoms with Gasteiger partial charge in [-0.3, -0.25) is 0 Å². The van der Waals surface area contributed by atoms with Crippen LogP contribution >= 0.6 is 45.2 Å². The van der Waals surface area contributed by atoms with Crippen LogP contribution in [0.4, 0.5) is 8.78 Å². The van der Waals surface area contributed by atoms with Crippen LogP contribution in [0.2, 0.25) is 0 Å². The zero-order valence-electron chi connectivity index (χ0n) is 10.2. The molecule has 2 aromatic rings. The molecule has 0 bridgehead atoms. The first-order chi connectivity index (χ1) is 9.56. The topological polar surface area (TPSA) is 18.5 Å². The molecule has 0 saturated heterocycles. The molecular formula is C14H10F2I2O2. The van der Waals surface area contributed by atoms with Crippen molar-refractivity contribution in [2.75, 3.05) is 13.2 Å². The van der Waals surface area contributed by atoms with E-state index in [9.17, 15) is 8.78 Å². The third-order valence-electron chi connectivity index (χ3n) is 2.39. The van der Waals surface area contributed by atoms with E-state index in [-0.39, 0.29) is 11.6 Å². The van der Waals surface area contributed by atoms with Gasteiger partial charge in [-0.25, -0.2) is 8.78 Å². The molecule has 2 nitrogen and oxygen atoms in total. The first-order valence-electron chi connectivity index (χ1n) is 5.72. The molecule has 6 heteroatoms. The molecule has 0 aliphatic heterocycles. The maximum atomic E-state index is 12.9. The fraction of sp³-hybridized carbons (Fsp3) is 0.143. The van der Waals surface area contributed by atoms with Crippen molar-refractivity contribution in [2.45, 2.75) is 0 Å². The Balaban J connectivity index is 1.84. The van der Waals surface area contributed by atoms with Gasteiger partial charge < -0.3 is 9.47 Å². The maximum Gasteiger partial charge on any atom is 0.133 e. The van der Waals surface area contributed by atoms with Crippen LogP contribution in [0.25, 0.3) is 0 Å². The summed E-state index contributed by atoms with van der Waals surface area (Å²) in [6, 6.07) is 8.67. The molecular weight excluding hydrogens is 492 g/mol. The second-order valence-corrected chi connectivity index (χ2v) is 6.17. The first kappa shape index (κ1) is 15.7. The second-order valence-electron chi connectivity index (χ2n) is 3.85. The Bertz CT molecular complexity index is 552. The minimum atomic E-state index is -0.293. The van der Waals surface area contributed by atoms with Crippen molar-refractivity contribution in [1.82, 2.24) is 0 Å². The normalized spacial score (nSPS) is 10.4. The summed E-state index contributed by atoms with van der Waals surface area (Å²) in [6.07, 6.45) is 0. The van der Waals surface area contributed by atoms with Gasteiger partial charge in [0.1, 0.15) is 36.3 Å². The average Bonchev–Trinajstić information content (AvgIpc) is 2.39. The van der Waals surface area contributed by atoms with Gasteiger partial charge in [-0.2, -0.15) is 0 Å². The average molecular weight is 502 g/mol. The molecule has 0 aliphatic carbocycles. The lowest BCUT2D eigenvalue weighted by Crippen LogP contribution is -2.10. The van der Waals surface area contributed by atoms with Crippen molar-refractivity contribution in [2.24, 2.45) is 0 Å². The Labute approximate surface area is 142 Å². The summed E-state index contributed by atoms with van der Waals surface area (Å²) in [5, 5.41) is 0. The molecule has 0 N–H and O–H groups in total. The Morgan fingerprint density at radius 2 is 1.15 bits per heavy atom. The van der Waals surface area contributed by atoms with Crippen molar-refractivity contribution in [3.8, 4) is 11.5 Å². The number of hydrogen-bond donors (Lipinski definition) is 0. The van der Waals surface area contributed by atoms with Gasteiger partial charge in [-0.05, 0) is 81.6 Å². The van der Waals surface area contributed by atoms with E-state index >= 15 is 0 Å². The van der Waals surface area contributed by atoms with Gasteiger partial charge in [0, 0.05) is 0 Å². The highest BCUT2D eigenvalue weighted by Gasteiger charge is 2.04. The van der Waals surface area contributed by atoms with E-state index in [1.165, 1.54) is 24.3 Å². The van der Waals surface area contributed by atoms with Crippen LogP contribution in [-0.4, -0.2) is 13.2 Å². The van der Waals surface area contributed by atoms with Crippen molar-refractivity contribution < 1.29 is 18.3 Å². The van der Waals surface area contributed by atoms with E-state index in [0.29, 0.717) is 31.9 Å². The molecule has 0 saturated carbocycles. The highest BCUT2D eigenvalue weighted by Crippen LogP contribution is 2.23. The summed E-state index contributed by atoms with van der Waals surface area (Å²) in [4.78, 5) is 0. The largest absolute Gasteiger partial charge is 0.489 e. The van der Waals surface area contributed by atoms with Gasteiger partial charge >= 0.3 is 0 Å². The van der Waals surface area contributed by atoms with E-state index in [4.69, 9.17) is 9.47 Å². The molecule has 0 heterocycles. The standard InChI is InChI=1S/C14H10F2I2O2/c15-9-1-3-13(11(17)7-9)19-5-6-20-14-4-2-10(16)8-12(14)18/h1-4,7-8H,5-6H2. The minimum Gasteiger partial charge on any atom is -0.489 e. The Hall–Kier alpha value is -0.640. The van der Waals surface area contributed by atoms with Crippen molar-refractivity contribution >= 4 is 45.2 Å². The van der Waals surface area contributed by atoms with Gasteiger partial charge in [-0.1, -0.05) is 0 Å². The molecule has 0 aromatic heterocycles. The molecule has 0 amide bonds. The van der Waals surface area contributed by atoms with Crippen LogP contribution in [0, 0.1) is 18.8 Å². The van der Waals surface area contributed by atoms with Crippen LogP contribution in [0.1, 0.15) is 0 Å². The van der Waals surface area contributed by atoms with Crippen LogP contribution in [0.5, 0.6) is 11.5 Å². The predicted molar refractivity (Wildman–Crippen MR) is 89.2 cm³/mol. The second kappa shape index (κ2) is 7.39. The zero-order valence-corrected chi connectivity index (χ0v) is 14.5. The number of benzene rings is 2. The molecule has 106 valence electrons. The van der Waals surface area contributed by atoms with Crippen LogP contribution < -0.4 is 9.47 Å². The minimum absolute atomic E-state index is 0.293. The molecule has 0 aliphatic rings. The summed E-state index contributed by atoms with van der Waals surface area (Å²) in [7, 11) is 0. The number of halogens is 4. The fourth-order valence-electron chi connectivity index (χ4n) is 1.49. The van der Waals surface area contributed by atoms with E-state index in [1.807, 2.05) is 45.2 Å². The summed E-state index contributed by atoms with van der Waals surface area (Å²) < 4.78 is 38.3. The quantitative estimate of drug-likeness (QED) is 0.439. The van der Waals surface area contributed by atoms with Gasteiger partial charge in [0.2, 0.25) is 0 Å². The molecule has 0 fully saturated rings. The van der Waals surface area contributed by atoms with E-state index in [1.54, 1.807) is 12.1 Å². The lowest BCUT2D eigenvalue weighted by molar-refractivity contribution is 0.215. The SMILES string of the molecule is Fc1ccc(OCCOc2ccc(F)cc2I)c(I)c1. The van der Waals surface area contributed by atoms with Gasteiger partial charge in [0.15, 0.2) is 0 Å². The maximum absolute atomic E-state index is 12.9. The molecule has 2 aromatic carbocycles. The molecule has 0 radical (unpaired) electrons. The van der Waals surface area contributed by atoms with Crippen molar-refractivity contribution in [1.29, 1.82) is 0 Å². The van der Waals surface area contributed by atoms with Crippen molar-refractivity contribution in [3.63, 3.8) is 0 Å². The molecule has 0 spiro atoms. The number of ether oxygens (including phenoxy) is 2. The third-order valence-corrected chi connectivity index (χ3v) is 4.07. The van der Waals surface area contributed by atoms with Gasteiger partial charge in [0.25, 0.3) is 0 Å². The molecule has 2 rings (SSSR count). The third kappa shape index (κ3) is 4.44. The zero-order chi connectivity index (χ0) is 14.5. The van der Waals surface area contributed by atoms with Crippen LogP contribution in [0.15, 0.2) is 36.4 Å². The lowest BCUT2D eigenvalue weighted by atomic mass is 10.3. The highest BCUT2D eigenvalue weighted by atomic mass is 127. The Morgan fingerprint density at radius 1 is 0.750 bits per heavy atom. The monoisotopic (exact) mass is 502 g/mol. The number of rotatable bonds is 5. The Kier molecular flexibility index (Phi) is 5.82. The van der Waals surface area contributed by atoms with E-state index < -0.39 is 0 Å². The van der Waals surface area contributed by atoms with E-state index in [2.05, 4.69) is 0 Å². The molecule has 20 heavy (non-hydrogen) atoms. The van der Waals surface area contributed by atoms with Crippen LogP contribution in [0.3, 0.4) is 0 Å². The summed E-state index contributed by atoms with van der Waals surface area (Å²) >= 11 is 4.02.